The molecule has 0 unspecified atom stereocenters. The van der Waals surface area contributed by atoms with E-state index in [-0.39, 0.29) is 11.8 Å². The summed E-state index contributed by atoms with van der Waals surface area (Å²) in [5, 5.41) is 2.12. The first-order valence-electron chi connectivity index (χ1n) is 8.92. The van der Waals surface area contributed by atoms with Gasteiger partial charge in [-0.15, -0.1) is 11.3 Å². The van der Waals surface area contributed by atoms with Gasteiger partial charge in [0.25, 0.3) is 5.91 Å². The van der Waals surface area contributed by atoms with Crippen LogP contribution in [-0.4, -0.2) is 51.9 Å². The van der Waals surface area contributed by atoms with Crippen molar-refractivity contribution >= 4 is 17.2 Å². The lowest BCUT2D eigenvalue weighted by Crippen LogP contribution is -2.35. The quantitative estimate of drug-likeness (QED) is 0.841. The van der Waals surface area contributed by atoms with E-state index in [1.165, 1.54) is 4.88 Å². The monoisotopic (exact) mass is 358 g/mol. The highest BCUT2D eigenvalue weighted by Crippen LogP contribution is 2.17. The Balaban J connectivity index is 1.65. The first-order valence-corrected chi connectivity index (χ1v) is 9.80. The summed E-state index contributed by atoms with van der Waals surface area (Å²) in [6.45, 7) is 10.5. The van der Waals surface area contributed by atoms with Crippen molar-refractivity contribution in [3.63, 3.8) is 0 Å². The molecule has 0 N–H and O–H groups in total. The minimum Gasteiger partial charge on any atom is -0.337 e. The number of carbonyl (C=O) groups excluding carboxylic acids is 1. The average molecular weight is 359 g/mol. The van der Waals surface area contributed by atoms with Crippen molar-refractivity contribution < 1.29 is 4.79 Å². The van der Waals surface area contributed by atoms with E-state index in [0.717, 1.165) is 50.7 Å². The molecule has 0 saturated carbocycles. The Morgan fingerprint density at radius 3 is 2.80 bits per heavy atom. The summed E-state index contributed by atoms with van der Waals surface area (Å²) in [5.41, 5.74) is 1.42. The number of aryl methyl sites for hydroxylation is 1. The number of rotatable bonds is 4. The summed E-state index contributed by atoms with van der Waals surface area (Å²) in [4.78, 5) is 27.6. The second-order valence-electron chi connectivity index (χ2n) is 6.88. The molecule has 0 bridgehead atoms. The molecule has 134 valence electrons. The highest BCUT2D eigenvalue weighted by atomic mass is 32.1. The van der Waals surface area contributed by atoms with E-state index in [4.69, 9.17) is 0 Å². The molecule has 2 aromatic heterocycles. The largest absolute Gasteiger partial charge is 0.337 e. The zero-order valence-corrected chi connectivity index (χ0v) is 16.1. The minimum atomic E-state index is 0.0609. The fraction of sp³-hybridized carbons (Fsp3) is 0.526. The van der Waals surface area contributed by atoms with Crippen LogP contribution in [-0.2, 0) is 6.54 Å². The first-order chi connectivity index (χ1) is 12.0. The SMILES string of the molecule is Cc1nc(C(C)C)ncc1C(=O)N1CCCN(Cc2cccs2)CC1. The maximum Gasteiger partial charge on any atom is 0.257 e. The van der Waals surface area contributed by atoms with Gasteiger partial charge < -0.3 is 4.90 Å². The highest BCUT2D eigenvalue weighted by molar-refractivity contribution is 7.09. The smallest absolute Gasteiger partial charge is 0.257 e. The van der Waals surface area contributed by atoms with E-state index in [9.17, 15) is 4.79 Å². The lowest BCUT2D eigenvalue weighted by Gasteiger charge is -2.22. The average Bonchev–Trinajstić information content (AvgIpc) is 2.98. The molecule has 0 radical (unpaired) electrons. The molecule has 3 heterocycles. The third-order valence-corrected chi connectivity index (χ3v) is 5.44. The van der Waals surface area contributed by atoms with Crippen LogP contribution in [0.4, 0.5) is 0 Å². The molecule has 2 aromatic rings. The fourth-order valence-electron chi connectivity index (χ4n) is 3.10. The number of amides is 1. The van der Waals surface area contributed by atoms with Crippen LogP contribution in [0.25, 0.3) is 0 Å². The highest BCUT2D eigenvalue weighted by Gasteiger charge is 2.23. The number of hydrogen-bond acceptors (Lipinski definition) is 5. The third kappa shape index (κ3) is 4.44. The van der Waals surface area contributed by atoms with Crippen LogP contribution in [0.2, 0.25) is 0 Å². The van der Waals surface area contributed by atoms with Crippen LogP contribution in [0.5, 0.6) is 0 Å². The molecule has 5 nitrogen and oxygen atoms in total. The summed E-state index contributed by atoms with van der Waals surface area (Å²) in [7, 11) is 0. The van der Waals surface area contributed by atoms with Crippen LogP contribution in [0.3, 0.4) is 0 Å². The van der Waals surface area contributed by atoms with E-state index in [1.807, 2.05) is 11.8 Å². The van der Waals surface area contributed by atoms with Gasteiger partial charge in [-0.25, -0.2) is 9.97 Å². The van der Waals surface area contributed by atoms with Crippen molar-refractivity contribution in [2.75, 3.05) is 26.2 Å². The van der Waals surface area contributed by atoms with E-state index in [0.29, 0.717) is 5.56 Å². The summed E-state index contributed by atoms with van der Waals surface area (Å²) in [5.74, 6) is 1.13. The molecule has 25 heavy (non-hydrogen) atoms. The second-order valence-corrected chi connectivity index (χ2v) is 7.92. The zero-order chi connectivity index (χ0) is 17.8. The minimum absolute atomic E-state index is 0.0609. The number of thiophene rings is 1. The normalized spacial score (nSPS) is 16.2. The van der Waals surface area contributed by atoms with E-state index < -0.39 is 0 Å². The lowest BCUT2D eigenvalue weighted by molar-refractivity contribution is 0.0759. The van der Waals surface area contributed by atoms with E-state index in [2.05, 4.69) is 46.2 Å². The Bertz CT molecular complexity index is 714. The number of nitrogens with zero attached hydrogens (tertiary/aromatic N) is 4. The Morgan fingerprint density at radius 2 is 2.12 bits per heavy atom. The Morgan fingerprint density at radius 1 is 1.28 bits per heavy atom. The fourth-order valence-corrected chi connectivity index (χ4v) is 3.84. The van der Waals surface area contributed by atoms with Gasteiger partial charge in [0.15, 0.2) is 0 Å². The first kappa shape index (κ1) is 18.0. The van der Waals surface area contributed by atoms with Crippen molar-refractivity contribution in [1.82, 2.24) is 19.8 Å². The maximum absolute atomic E-state index is 12.9. The Hall–Kier alpha value is -1.79. The van der Waals surface area contributed by atoms with Gasteiger partial charge >= 0.3 is 0 Å². The number of aromatic nitrogens is 2. The van der Waals surface area contributed by atoms with Gasteiger partial charge in [0.1, 0.15) is 5.82 Å². The van der Waals surface area contributed by atoms with Gasteiger partial charge in [-0.3, -0.25) is 9.69 Å². The molecule has 0 atom stereocenters. The van der Waals surface area contributed by atoms with Crippen LogP contribution in [0.15, 0.2) is 23.7 Å². The molecule has 1 aliphatic heterocycles. The predicted molar refractivity (Wildman–Crippen MR) is 101 cm³/mol. The van der Waals surface area contributed by atoms with Gasteiger partial charge in [-0.1, -0.05) is 19.9 Å². The standard InChI is InChI=1S/C19H26N4OS/c1-14(2)18-20-12-17(15(3)21-18)19(24)23-8-5-7-22(9-10-23)13-16-6-4-11-25-16/h4,6,11-12,14H,5,7-10,13H2,1-3H3. The topological polar surface area (TPSA) is 49.3 Å². The Labute approximate surface area is 153 Å². The van der Waals surface area contributed by atoms with Crippen LogP contribution in [0, 0.1) is 6.92 Å². The Kier molecular flexibility index (Phi) is 5.81. The molecular weight excluding hydrogens is 332 g/mol. The van der Waals surface area contributed by atoms with Crippen molar-refractivity contribution in [2.45, 2.75) is 39.7 Å². The molecule has 3 rings (SSSR count). The molecule has 0 aromatic carbocycles. The van der Waals surface area contributed by atoms with Crippen molar-refractivity contribution in [1.29, 1.82) is 0 Å². The molecule has 1 aliphatic rings. The lowest BCUT2D eigenvalue weighted by atomic mass is 10.1. The summed E-state index contributed by atoms with van der Waals surface area (Å²) >= 11 is 1.79. The van der Waals surface area contributed by atoms with Crippen LogP contribution in [0.1, 0.15) is 52.9 Å². The summed E-state index contributed by atoms with van der Waals surface area (Å²) in [6.07, 6.45) is 2.70. The third-order valence-electron chi connectivity index (χ3n) is 4.58. The molecule has 1 saturated heterocycles. The van der Waals surface area contributed by atoms with E-state index in [1.54, 1.807) is 17.5 Å². The summed E-state index contributed by atoms with van der Waals surface area (Å²) < 4.78 is 0. The second kappa shape index (κ2) is 8.06. The van der Waals surface area contributed by atoms with Crippen LogP contribution < -0.4 is 0 Å². The molecule has 1 fully saturated rings. The van der Waals surface area contributed by atoms with Gasteiger partial charge in [0, 0.05) is 49.7 Å². The molecule has 1 amide bonds. The van der Waals surface area contributed by atoms with Crippen LogP contribution >= 0.6 is 11.3 Å². The maximum atomic E-state index is 12.9. The van der Waals surface area contributed by atoms with Gasteiger partial charge in [-0.2, -0.15) is 0 Å². The number of hydrogen-bond donors (Lipinski definition) is 0. The van der Waals surface area contributed by atoms with Gasteiger partial charge in [-0.05, 0) is 24.8 Å². The molecular formula is C19H26N4OS. The number of carbonyl (C=O) groups is 1. The van der Waals surface area contributed by atoms with Crippen molar-refractivity contribution in [3.05, 3.63) is 45.7 Å². The predicted octanol–water partition coefficient (Wildman–Crippen LogP) is 3.32. The van der Waals surface area contributed by atoms with Gasteiger partial charge in [0.05, 0.1) is 11.3 Å². The van der Waals surface area contributed by atoms with Crippen molar-refractivity contribution in [2.24, 2.45) is 0 Å². The van der Waals surface area contributed by atoms with Crippen molar-refractivity contribution in [3.8, 4) is 0 Å². The molecule has 6 heteroatoms. The van der Waals surface area contributed by atoms with Gasteiger partial charge in [0.2, 0.25) is 0 Å². The molecule has 0 spiro atoms. The van der Waals surface area contributed by atoms with E-state index >= 15 is 0 Å². The zero-order valence-electron chi connectivity index (χ0n) is 15.2. The summed E-state index contributed by atoms with van der Waals surface area (Å²) in [6, 6.07) is 4.27. The molecule has 0 aliphatic carbocycles.